The van der Waals surface area contributed by atoms with Gasteiger partial charge >= 0.3 is 6.36 Å². The number of amides is 1. The third-order valence-corrected chi connectivity index (χ3v) is 3.11. The van der Waals surface area contributed by atoms with Crippen LogP contribution in [0, 0.1) is 0 Å². The Kier molecular flexibility index (Phi) is 5.50. The van der Waals surface area contributed by atoms with Crippen molar-refractivity contribution in [2.75, 3.05) is 14.2 Å². The fourth-order valence-corrected chi connectivity index (χ4v) is 2.09. The van der Waals surface area contributed by atoms with Gasteiger partial charge in [-0.05, 0) is 18.2 Å². The molecule has 0 saturated carbocycles. The summed E-state index contributed by atoms with van der Waals surface area (Å²) in [5.41, 5.74) is 0.231. The van der Waals surface area contributed by atoms with Gasteiger partial charge < -0.3 is 18.8 Å². The van der Waals surface area contributed by atoms with Crippen molar-refractivity contribution >= 4 is 5.91 Å². The Balaban J connectivity index is 2.11. The van der Waals surface area contributed by atoms with E-state index < -0.39 is 12.3 Å². The molecule has 0 radical (unpaired) electrons. The molecule has 0 aliphatic heterocycles. The molecule has 1 heterocycles. The number of hydrogen-bond donors (Lipinski definition) is 0. The van der Waals surface area contributed by atoms with Crippen molar-refractivity contribution in [2.24, 2.45) is 0 Å². The van der Waals surface area contributed by atoms with Gasteiger partial charge in [0.2, 0.25) is 0 Å². The van der Waals surface area contributed by atoms with Crippen LogP contribution in [0.25, 0.3) is 0 Å². The van der Waals surface area contributed by atoms with E-state index in [1.54, 1.807) is 12.1 Å². The van der Waals surface area contributed by atoms with Crippen LogP contribution in [0.3, 0.4) is 0 Å². The standard InChI is InChI=1S/C16H16F3NO4/c1-20(15(21)14-8-7-12(23-14)10-22-2)9-11-5-3-4-6-13(11)24-16(17,18)19/h3-8H,9-10H2,1-2H3. The summed E-state index contributed by atoms with van der Waals surface area (Å²) in [4.78, 5) is 13.5. The summed E-state index contributed by atoms with van der Waals surface area (Å²) >= 11 is 0. The summed E-state index contributed by atoms with van der Waals surface area (Å²) in [7, 11) is 2.96. The molecule has 0 bridgehead atoms. The summed E-state index contributed by atoms with van der Waals surface area (Å²) in [5.74, 6) is -0.239. The fraction of sp³-hybridized carbons (Fsp3) is 0.312. The van der Waals surface area contributed by atoms with Crippen LogP contribution in [-0.2, 0) is 17.9 Å². The lowest BCUT2D eigenvalue weighted by Crippen LogP contribution is -2.26. The van der Waals surface area contributed by atoms with Crippen molar-refractivity contribution < 1.29 is 31.9 Å². The van der Waals surface area contributed by atoms with E-state index in [4.69, 9.17) is 9.15 Å². The number of ether oxygens (including phenoxy) is 2. The molecular weight excluding hydrogens is 327 g/mol. The molecule has 1 aromatic carbocycles. The minimum absolute atomic E-state index is 0.0641. The third-order valence-electron chi connectivity index (χ3n) is 3.11. The quantitative estimate of drug-likeness (QED) is 0.804. The zero-order valence-electron chi connectivity index (χ0n) is 13.1. The van der Waals surface area contributed by atoms with E-state index in [2.05, 4.69) is 4.74 Å². The molecule has 1 aromatic heterocycles. The van der Waals surface area contributed by atoms with Gasteiger partial charge in [-0.2, -0.15) is 0 Å². The first-order valence-corrected chi connectivity index (χ1v) is 6.97. The van der Waals surface area contributed by atoms with E-state index in [0.29, 0.717) is 5.76 Å². The van der Waals surface area contributed by atoms with Gasteiger partial charge in [-0.3, -0.25) is 4.79 Å². The van der Waals surface area contributed by atoms with Gasteiger partial charge in [-0.15, -0.1) is 13.2 Å². The second-order valence-electron chi connectivity index (χ2n) is 5.02. The van der Waals surface area contributed by atoms with Gasteiger partial charge in [0.1, 0.15) is 18.1 Å². The molecule has 2 rings (SSSR count). The summed E-state index contributed by atoms with van der Waals surface area (Å²) in [6, 6.07) is 8.75. The number of methoxy groups -OCH3 is 1. The average molecular weight is 343 g/mol. The largest absolute Gasteiger partial charge is 0.573 e. The van der Waals surface area contributed by atoms with Crippen LogP contribution >= 0.6 is 0 Å². The lowest BCUT2D eigenvalue weighted by atomic mass is 10.2. The van der Waals surface area contributed by atoms with E-state index in [-0.39, 0.29) is 30.2 Å². The number of carbonyl (C=O) groups excluding carboxylic acids is 1. The van der Waals surface area contributed by atoms with Crippen LogP contribution < -0.4 is 4.74 Å². The molecule has 0 fully saturated rings. The first-order valence-electron chi connectivity index (χ1n) is 6.97. The third kappa shape index (κ3) is 4.76. The molecule has 0 N–H and O–H groups in total. The van der Waals surface area contributed by atoms with Gasteiger partial charge in [0.25, 0.3) is 5.91 Å². The average Bonchev–Trinajstić information content (AvgIpc) is 2.96. The van der Waals surface area contributed by atoms with Gasteiger partial charge in [0, 0.05) is 26.3 Å². The highest BCUT2D eigenvalue weighted by Crippen LogP contribution is 2.27. The maximum Gasteiger partial charge on any atom is 0.573 e. The van der Waals surface area contributed by atoms with Crippen LogP contribution in [0.5, 0.6) is 5.75 Å². The predicted octanol–water partition coefficient (Wildman–Crippen LogP) is 3.60. The Morgan fingerprint density at radius 2 is 1.92 bits per heavy atom. The Labute approximate surface area is 136 Å². The van der Waals surface area contributed by atoms with Crippen molar-refractivity contribution in [3.05, 3.63) is 53.5 Å². The van der Waals surface area contributed by atoms with Crippen LogP contribution in [0.1, 0.15) is 21.9 Å². The first kappa shape index (κ1) is 17.9. The Morgan fingerprint density at radius 3 is 2.58 bits per heavy atom. The number of nitrogens with zero attached hydrogens (tertiary/aromatic N) is 1. The number of furan rings is 1. The lowest BCUT2D eigenvalue weighted by molar-refractivity contribution is -0.275. The molecule has 2 aromatic rings. The molecule has 0 aliphatic carbocycles. The number of carbonyl (C=O) groups is 1. The molecular formula is C16H16F3NO4. The second kappa shape index (κ2) is 7.39. The zero-order valence-corrected chi connectivity index (χ0v) is 13.1. The number of benzene rings is 1. The monoisotopic (exact) mass is 343 g/mol. The number of hydrogen-bond acceptors (Lipinski definition) is 4. The van der Waals surface area contributed by atoms with Crippen molar-refractivity contribution in [3.63, 3.8) is 0 Å². The molecule has 0 saturated heterocycles. The summed E-state index contributed by atoms with van der Waals surface area (Å²) < 4.78 is 51.5. The van der Waals surface area contributed by atoms with E-state index in [1.807, 2.05) is 0 Å². The molecule has 130 valence electrons. The number of halogens is 3. The molecule has 5 nitrogen and oxygen atoms in total. The van der Waals surface area contributed by atoms with Crippen molar-refractivity contribution in [1.82, 2.24) is 4.90 Å². The molecule has 8 heteroatoms. The smallest absolute Gasteiger partial charge is 0.453 e. The van der Waals surface area contributed by atoms with Crippen molar-refractivity contribution in [2.45, 2.75) is 19.5 Å². The highest BCUT2D eigenvalue weighted by Gasteiger charge is 2.32. The van der Waals surface area contributed by atoms with Crippen LogP contribution in [0.4, 0.5) is 13.2 Å². The van der Waals surface area contributed by atoms with E-state index in [0.717, 1.165) is 0 Å². The highest BCUT2D eigenvalue weighted by molar-refractivity contribution is 5.91. The number of para-hydroxylation sites is 1. The Bertz CT molecular complexity index is 697. The van der Waals surface area contributed by atoms with Gasteiger partial charge in [-0.1, -0.05) is 18.2 Å². The minimum atomic E-state index is -4.80. The predicted molar refractivity (Wildman–Crippen MR) is 78.3 cm³/mol. The van der Waals surface area contributed by atoms with Gasteiger partial charge in [0.15, 0.2) is 5.76 Å². The van der Waals surface area contributed by atoms with Gasteiger partial charge in [0.05, 0.1) is 0 Å². The molecule has 0 aliphatic rings. The SMILES string of the molecule is COCc1ccc(C(=O)N(C)Cc2ccccc2OC(F)(F)F)o1. The maximum absolute atomic E-state index is 12.4. The minimum Gasteiger partial charge on any atom is -0.453 e. The summed E-state index contributed by atoms with van der Waals surface area (Å²) in [6.45, 7) is 0.157. The van der Waals surface area contributed by atoms with E-state index in [9.17, 15) is 18.0 Å². The maximum atomic E-state index is 12.4. The first-order chi connectivity index (χ1) is 11.3. The Morgan fingerprint density at radius 1 is 1.21 bits per heavy atom. The molecule has 24 heavy (non-hydrogen) atoms. The molecule has 0 unspecified atom stereocenters. The number of alkyl halides is 3. The summed E-state index contributed by atoms with van der Waals surface area (Å²) in [6.07, 6.45) is -4.80. The van der Waals surface area contributed by atoms with E-state index in [1.165, 1.54) is 43.3 Å². The molecule has 0 spiro atoms. The lowest BCUT2D eigenvalue weighted by Gasteiger charge is -2.19. The normalized spacial score (nSPS) is 11.4. The fourth-order valence-electron chi connectivity index (χ4n) is 2.09. The topological polar surface area (TPSA) is 51.9 Å². The van der Waals surface area contributed by atoms with Gasteiger partial charge in [-0.25, -0.2) is 0 Å². The van der Waals surface area contributed by atoms with Crippen molar-refractivity contribution in [1.29, 1.82) is 0 Å². The van der Waals surface area contributed by atoms with Crippen LogP contribution in [-0.4, -0.2) is 31.3 Å². The zero-order chi connectivity index (χ0) is 17.7. The molecule has 0 atom stereocenters. The number of rotatable bonds is 6. The van der Waals surface area contributed by atoms with Crippen LogP contribution in [0.15, 0.2) is 40.8 Å². The van der Waals surface area contributed by atoms with Crippen molar-refractivity contribution in [3.8, 4) is 5.75 Å². The second-order valence-corrected chi connectivity index (χ2v) is 5.02. The Hall–Kier alpha value is -2.48. The van der Waals surface area contributed by atoms with E-state index >= 15 is 0 Å². The highest BCUT2D eigenvalue weighted by atomic mass is 19.4. The van der Waals surface area contributed by atoms with Crippen LogP contribution in [0.2, 0.25) is 0 Å². The molecule has 1 amide bonds. The summed E-state index contributed by atoms with van der Waals surface area (Å²) in [5, 5.41) is 0.